The average molecular weight is 433 g/mol. The van der Waals surface area contributed by atoms with Gasteiger partial charge in [0.25, 0.3) is 5.56 Å². The fourth-order valence-electron chi connectivity index (χ4n) is 2.59. The third kappa shape index (κ3) is 4.30. The number of nitrogens with one attached hydrogen (secondary N) is 2. The van der Waals surface area contributed by atoms with E-state index >= 15 is 0 Å². The number of aromatic nitrogens is 3. The molecule has 1 amide bonds. The number of nitrogens with zero attached hydrogens (tertiary/aromatic N) is 2. The zero-order chi connectivity index (χ0) is 21.3. The van der Waals surface area contributed by atoms with Gasteiger partial charge in [-0.25, -0.2) is 14.2 Å². The van der Waals surface area contributed by atoms with E-state index in [1.165, 1.54) is 13.1 Å². The first kappa shape index (κ1) is 20.6. The Kier molecular flexibility index (Phi) is 5.71. The SMILES string of the molecule is Cc1ccc(-c2csc(NC(=O)CC(=S)c3c(N)[nH]c(=O)n(C)c3=O)n2)c(F)c1. The Hall–Kier alpha value is -3.18. The van der Waals surface area contributed by atoms with E-state index in [1.807, 2.05) is 0 Å². The highest BCUT2D eigenvalue weighted by Crippen LogP contribution is 2.27. The van der Waals surface area contributed by atoms with Crippen molar-refractivity contribution in [2.75, 3.05) is 11.1 Å². The molecule has 0 fully saturated rings. The Bertz CT molecular complexity index is 1250. The summed E-state index contributed by atoms with van der Waals surface area (Å²) in [6.07, 6.45) is -0.311. The molecular weight excluding hydrogens is 417 g/mol. The van der Waals surface area contributed by atoms with Crippen molar-refractivity contribution in [3.63, 3.8) is 0 Å². The minimum atomic E-state index is -0.685. The molecule has 0 aliphatic heterocycles. The van der Waals surface area contributed by atoms with Crippen molar-refractivity contribution in [3.8, 4) is 11.3 Å². The van der Waals surface area contributed by atoms with Crippen LogP contribution in [-0.2, 0) is 11.8 Å². The van der Waals surface area contributed by atoms with E-state index in [-0.39, 0.29) is 27.8 Å². The molecule has 1 aromatic carbocycles. The lowest BCUT2D eigenvalue weighted by molar-refractivity contribution is -0.115. The van der Waals surface area contributed by atoms with Crippen LogP contribution in [0, 0.1) is 12.7 Å². The number of amides is 1. The molecule has 11 heteroatoms. The van der Waals surface area contributed by atoms with Crippen molar-refractivity contribution in [2.24, 2.45) is 7.05 Å². The van der Waals surface area contributed by atoms with Gasteiger partial charge in [-0.15, -0.1) is 11.3 Å². The summed E-state index contributed by atoms with van der Waals surface area (Å²) in [5, 5.41) is 4.45. The summed E-state index contributed by atoms with van der Waals surface area (Å²) in [6, 6.07) is 4.79. The molecule has 0 aliphatic rings. The molecule has 2 heterocycles. The monoisotopic (exact) mass is 433 g/mol. The number of thiazole rings is 1. The van der Waals surface area contributed by atoms with Gasteiger partial charge in [0.05, 0.1) is 17.7 Å². The number of nitrogens with two attached hydrogens (primary N) is 1. The maximum absolute atomic E-state index is 14.1. The van der Waals surface area contributed by atoms with Crippen LogP contribution in [0.5, 0.6) is 0 Å². The summed E-state index contributed by atoms with van der Waals surface area (Å²) < 4.78 is 14.9. The molecule has 0 spiro atoms. The van der Waals surface area contributed by atoms with Gasteiger partial charge in [-0.3, -0.25) is 19.1 Å². The van der Waals surface area contributed by atoms with Crippen LogP contribution in [0.15, 0.2) is 33.2 Å². The number of H-pyrrole nitrogens is 1. The van der Waals surface area contributed by atoms with Crippen LogP contribution in [0.2, 0.25) is 0 Å². The summed E-state index contributed by atoms with van der Waals surface area (Å²) >= 11 is 6.29. The number of aromatic amines is 1. The van der Waals surface area contributed by atoms with Gasteiger partial charge in [0.15, 0.2) is 5.13 Å². The number of anilines is 2. The van der Waals surface area contributed by atoms with E-state index in [4.69, 9.17) is 18.0 Å². The number of rotatable bonds is 5. The van der Waals surface area contributed by atoms with E-state index in [0.29, 0.717) is 11.3 Å². The van der Waals surface area contributed by atoms with E-state index in [9.17, 15) is 18.8 Å². The van der Waals surface area contributed by atoms with Crippen LogP contribution in [0.4, 0.5) is 15.3 Å². The van der Waals surface area contributed by atoms with Crippen molar-refractivity contribution in [3.05, 3.63) is 61.4 Å². The third-order valence-electron chi connectivity index (χ3n) is 4.09. The summed E-state index contributed by atoms with van der Waals surface area (Å²) in [6.45, 7) is 1.78. The minimum absolute atomic E-state index is 0.0155. The smallest absolute Gasteiger partial charge is 0.329 e. The number of benzene rings is 1. The highest BCUT2D eigenvalue weighted by Gasteiger charge is 2.18. The fourth-order valence-corrected chi connectivity index (χ4v) is 3.64. The highest BCUT2D eigenvalue weighted by molar-refractivity contribution is 7.81. The van der Waals surface area contributed by atoms with Gasteiger partial charge in [-0.1, -0.05) is 18.3 Å². The number of nitrogen functional groups attached to an aromatic ring is 1. The van der Waals surface area contributed by atoms with E-state index in [1.54, 1.807) is 24.4 Å². The second-order valence-corrected chi connectivity index (χ2v) is 7.60. The Balaban J connectivity index is 1.75. The summed E-state index contributed by atoms with van der Waals surface area (Å²) in [7, 11) is 1.27. The van der Waals surface area contributed by atoms with E-state index < -0.39 is 23.0 Å². The third-order valence-corrected chi connectivity index (χ3v) is 5.19. The van der Waals surface area contributed by atoms with Gasteiger partial charge in [-0.05, 0) is 24.6 Å². The number of thiocarbonyl (C=S) groups is 1. The van der Waals surface area contributed by atoms with Crippen LogP contribution in [0.1, 0.15) is 17.5 Å². The van der Waals surface area contributed by atoms with Crippen molar-refractivity contribution in [1.82, 2.24) is 14.5 Å². The lowest BCUT2D eigenvalue weighted by atomic mass is 10.1. The van der Waals surface area contributed by atoms with E-state index in [0.717, 1.165) is 21.5 Å². The summed E-state index contributed by atoms with van der Waals surface area (Å²) in [4.78, 5) is 42.5. The van der Waals surface area contributed by atoms with Gasteiger partial charge in [-0.2, -0.15) is 0 Å². The Morgan fingerprint density at radius 1 is 1.41 bits per heavy atom. The van der Waals surface area contributed by atoms with E-state index in [2.05, 4.69) is 15.3 Å². The fraction of sp³-hybridized carbons (Fsp3) is 0.167. The lowest BCUT2D eigenvalue weighted by Gasteiger charge is -2.08. The first-order valence-corrected chi connectivity index (χ1v) is 9.60. The standard InChI is InChI=1S/C18H16FN5O3S2/c1-8-3-4-9(10(19)5-8)11-7-29-17(21-11)22-13(25)6-12(28)14-15(20)23-18(27)24(2)16(14)26/h3-5,7H,6,20H2,1-2H3,(H,23,27)(H,21,22,25). The average Bonchev–Trinajstić information content (AvgIpc) is 3.07. The molecule has 0 aliphatic carbocycles. The second kappa shape index (κ2) is 8.05. The number of aryl methyl sites for hydroxylation is 1. The maximum Gasteiger partial charge on any atom is 0.329 e. The van der Waals surface area contributed by atoms with Gasteiger partial charge in [0.1, 0.15) is 11.6 Å². The lowest BCUT2D eigenvalue weighted by Crippen LogP contribution is -2.37. The predicted octanol–water partition coefficient (Wildman–Crippen LogP) is 1.97. The second-order valence-electron chi connectivity index (χ2n) is 6.25. The molecule has 0 radical (unpaired) electrons. The topological polar surface area (TPSA) is 123 Å². The van der Waals surface area contributed by atoms with Gasteiger partial charge < -0.3 is 11.1 Å². The number of hydrogen-bond donors (Lipinski definition) is 3. The van der Waals surface area contributed by atoms with Crippen molar-refractivity contribution in [2.45, 2.75) is 13.3 Å². The molecule has 0 unspecified atom stereocenters. The predicted molar refractivity (Wildman–Crippen MR) is 114 cm³/mol. The van der Waals surface area contributed by atoms with Gasteiger partial charge in [0.2, 0.25) is 5.91 Å². The highest BCUT2D eigenvalue weighted by atomic mass is 32.1. The Morgan fingerprint density at radius 2 is 2.14 bits per heavy atom. The number of halogens is 1. The minimum Gasteiger partial charge on any atom is -0.384 e. The molecule has 3 rings (SSSR count). The quantitative estimate of drug-likeness (QED) is 0.418. The summed E-state index contributed by atoms with van der Waals surface area (Å²) in [5.41, 5.74) is 5.72. The first-order chi connectivity index (χ1) is 13.7. The Morgan fingerprint density at radius 3 is 2.83 bits per heavy atom. The largest absolute Gasteiger partial charge is 0.384 e. The van der Waals surface area contributed by atoms with Crippen molar-refractivity contribution in [1.29, 1.82) is 0 Å². The zero-order valence-electron chi connectivity index (χ0n) is 15.4. The Labute approximate surface area is 173 Å². The van der Waals surface area contributed by atoms with Crippen molar-refractivity contribution < 1.29 is 9.18 Å². The molecule has 0 atom stereocenters. The normalized spacial score (nSPS) is 10.7. The molecule has 4 N–H and O–H groups in total. The van der Waals surface area contributed by atoms with Crippen LogP contribution in [0.3, 0.4) is 0 Å². The van der Waals surface area contributed by atoms with Gasteiger partial charge in [0, 0.05) is 22.9 Å². The van der Waals surface area contributed by atoms with Crippen LogP contribution in [-0.4, -0.2) is 25.3 Å². The maximum atomic E-state index is 14.1. The molecule has 29 heavy (non-hydrogen) atoms. The molecular formula is C18H16FN5O3S2. The van der Waals surface area contributed by atoms with Crippen LogP contribution < -0.4 is 22.3 Å². The molecule has 2 aromatic heterocycles. The molecule has 3 aromatic rings. The number of carbonyl (C=O) groups is 1. The summed E-state index contributed by atoms with van der Waals surface area (Å²) in [5.74, 6) is -1.12. The molecule has 150 valence electrons. The van der Waals surface area contributed by atoms with Crippen molar-refractivity contribution >= 4 is 45.3 Å². The van der Waals surface area contributed by atoms with Gasteiger partial charge >= 0.3 is 5.69 Å². The zero-order valence-corrected chi connectivity index (χ0v) is 17.0. The molecule has 0 saturated heterocycles. The molecule has 0 saturated carbocycles. The van der Waals surface area contributed by atoms with Crippen LogP contribution >= 0.6 is 23.6 Å². The first-order valence-electron chi connectivity index (χ1n) is 8.31. The number of carbonyl (C=O) groups excluding carboxylic acids is 1. The number of hydrogen-bond acceptors (Lipinski definition) is 7. The molecule has 8 nitrogen and oxygen atoms in total. The van der Waals surface area contributed by atoms with Crippen LogP contribution in [0.25, 0.3) is 11.3 Å². The molecule has 0 bridgehead atoms.